The first-order valence-electron chi connectivity index (χ1n) is 7.25. The number of pyridine rings is 1. The van der Waals surface area contributed by atoms with Gasteiger partial charge in [0.25, 0.3) is 0 Å². The van der Waals surface area contributed by atoms with Crippen LogP contribution in [-0.2, 0) is 6.54 Å². The first-order chi connectivity index (χ1) is 10.1. The average molecular weight is 347 g/mol. The summed E-state index contributed by atoms with van der Waals surface area (Å²) >= 11 is 3.53. The molecule has 110 valence electrons. The van der Waals surface area contributed by atoms with E-state index in [1.54, 1.807) is 0 Å². The third-order valence-electron chi connectivity index (χ3n) is 3.46. The summed E-state index contributed by atoms with van der Waals surface area (Å²) in [5.41, 5.74) is 3.39. The average Bonchev–Trinajstić information content (AvgIpc) is 3.23. The molecule has 0 saturated heterocycles. The van der Waals surface area contributed by atoms with Crippen molar-refractivity contribution in [2.45, 2.75) is 39.3 Å². The summed E-state index contributed by atoms with van der Waals surface area (Å²) in [6, 6.07) is 10.9. The number of halogens is 1. The lowest BCUT2D eigenvalue weighted by atomic mass is 10.2. The van der Waals surface area contributed by atoms with Crippen molar-refractivity contribution in [1.29, 1.82) is 0 Å². The molecule has 0 atom stereocenters. The van der Waals surface area contributed by atoms with E-state index in [0.29, 0.717) is 11.9 Å². The summed E-state index contributed by atoms with van der Waals surface area (Å²) in [6.45, 7) is 4.93. The zero-order valence-corrected chi connectivity index (χ0v) is 13.9. The van der Waals surface area contributed by atoms with Crippen LogP contribution in [0.2, 0.25) is 0 Å². The van der Waals surface area contributed by atoms with Crippen LogP contribution in [0.25, 0.3) is 0 Å². The molecule has 3 nitrogen and oxygen atoms in total. The van der Waals surface area contributed by atoms with Crippen molar-refractivity contribution in [3.05, 3.63) is 51.6 Å². The lowest BCUT2D eigenvalue weighted by molar-refractivity contribution is 0.457. The topological polar surface area (TPSA) is 34.1 Å². The maximum Gasteiger partial charge on any atom is 0.219 e. The van der Waals surface area contributed by atoms with Gasteiger partial charge in [0.2, 0.25) is 5.88 Å². The van der Waals surface area contributed by atoms with Gasteiger partial charge in [0.1, 0.15) is 5.75 Å². The number of nitrogens with one attached hydrogen (secondary N) is 1. The number of aromatic nitrogens is 1. The second-order valence-corrected chi connectivity index (χ2v) is 6.50. The second-order valence-electron chi connectivity index (χ2n) is 5.65. The zero-order valence-electron chi connectivity index (χ0n) is 12.3. The van der Waals surface area contributed by atoms with Crippen LogP contribution in [0.5, 0.6) is 11.6 Å². The van der Waals surface area contributed by atoms with Gasteiger partial charge in [-0.2, -0.15) is 0 Å². The molecule has 1 aromatic heterocycles. The Bertz CT molecular complexity index is 653. The molecule has 1 N–H and O–H groups in total. The van der Waals surface area contributed by atoms with Crippen LogP contribution in [0.3, 0.4) is 0 Å². The maximum absolute atomic E-state index is 5.92. The molecule has 1 aliphatic rings. The van der Waals surface area contributed by atoms with Crippen molar-refractivity contribution in [3.63, 3.8) is 0 Å². The third kappa shape index (κ3) is 4.05. The first kappa shape index (κ1) is 14.5. The van der Waals surface area contributed by atoms with Gasteiger partial charge in [0, 0.05) is 24.3 Å². The summed E-state index contributed by atoms with van der Waals surface area (Å²) in [5.74, 6) is 1.44. The van der Waals surface area contributed by atoms with Crippen molar-refractivity contribution in [2.75, 3.05) is 0 Å². The Morgan fingerprint density at radius 1 is 1.24 bits per heavy atom. The Morgan fingerprint density at radius 2 is 2.05 bits per heavy atom. The number of rotatable bonds is 5. The fraction of sp³-hybridized carbons (Fsp3) is 0.353. The van der Waals surface area contributed by atoms with E-state index < -0.39 is 0 Å². The molecule has 0 radical (unpaired) electrons. The number of hydrogen-bond acceptors (Lipinski definition) is 3. The van der Waals surface area contributed by atoms with Gasteiger partial charge in [-0.15, -0.1) is 0 Å². The highest BCUT2D eigenvalue weighted by molar-refractivity contribution is 9.10. The van der Waals surface area contributed by atoms with Gasteiger partial charge in [-0.05, 0) is 71.9 Å². The van der Waals surface area contributed by atoms with Crippen LogP contribution < -0.4 is 10.1 Å². The van der Waals surface area contributed by atoms with Gasteiger partial charge >= 0.3 is 0 Å². The van der Waals surface area contributed by atoms with Gasteiger partial charge in [-0.1, -0.05) is 6.07 Å². The minimum atomic E-state index is 0.646. The molecule has 1 fully saturated rings. The fourth-order valence-corrected chi connectivity index (χ4v) is 2.79. The summed E-state index contributed by atoms with van der Waals surface area (Å²) in [7, 11) is 0. The van der Waals surface area contributed by atoms with Crippen molar-refractivity contribution in [1.82, 2.24) is 10.3 Å². The number of ether oxygens (including phenoxy) is 1. The number of aryl methyl sites for hydroxylation is 2. The molecule has 0 spiro atoms. The fourth-order valence-electron chi connectivity index (χ4n) is 2.21. The Morgan fingerprint density at radius 3 is 2.76 bits per heavy atom. The predicted octanol–water partition coefficient (Wildman–Crippen LogP) is 4.51. The van der Waals surface area contributed by atoms with E-state index in [1.807, 2.05) is 31.2 Å². The van der Waals surface area contributed by atoms with Gasteiger partial charge in [0.05, 0.1) is 4.47 Å². The van der Waals surface area contributed by atoms with Gasteiger partial charge in [0.15, 0.2) is 0 Å². The van der Waals surface area contributed by atoms with Crippen molar-refractivity contribution in [2.24, 2.45) is 0 Å². The predicted molar refractivity (Wildman–Crippen MR) is 87.8 cm³/mol. The maximum atomic E-state index is 5.92. The molecule has 1 heterocycles. The van der Waals surface area contributed by atoms with E-state index in [2.05, 4.69) is 39.2 Å². The summed E-state index contributed by atoms with van der Waals surface area (Å²) in [4.78, 5) is 4.46. The summed E-state index contributed by atoms with van der Waals surface area (Å²) in [6.07, 6.45) is 2.59. The first-order valence-corrected chi connectivity index (χ1v) is 8.04. The normalized spacial score (nSPS) is 14.2. The third-order valence-corrected chi connectivity index (χ3v) is 4.08. The monoisotopic (exact) mass is 346 g/mol. The Balaban J connectivity index is 1.77. The van der Waals surface area contributed by atoms with Crippen LogP contribution in [0.1, 0.15) is 29.7 Å². The SMILES string of the molecule is Cc1ccc(Oc2cc(CNC3CC3)cc(C)n2)c(Br)c1. The molecule has 3 rings (SSSR count). The molecule has 2 aromatic rings. The molecule has 21 heavy (non-hydrogen) atoms. The molecule has 1 saturated carbocycles. The minimum Gasteiger partial charge on any atom is -0.438 e. The van der Waals surface area contributed by atoms with E-state index in [1.165, 1.54) is 24.0 Å². The molecule has 0 amide bonds. The molecule has 0 unspecified atom stereocenters. The van der Waals surface area contributed by atoms with Crippen molar-refractivity contribution in [3.8, 4) is 11.6 Å². The van der Waals surface area contributed by atoms with Crippen molar-refractivity contribution < 1.29 is 4.74 Å². The van der Waals surface area contributed by atoms with Gasteiger partial charge < -0.3 is 10.1 Å². The Hall–Kier alpha value is -1.39. The molecule has 4 heteroatoms. The number of nitrogens with zero attached hydrogens (tertiary/aromatic N) is 1. The second kappa shape index (κ2) is 6.16. The van der Waals surface area contributed by atoms with Crippen LogP contribution >= 0.6 is 15.9 Å². The summed E-state index contributed by atoms with van der Waals surface area (Å²) in [5, 5.41) is 3.52. The molecule has 0 aliphatic heterocycles. The Labute approximate surface area is 133 Å². The van der Waals surface area contributed by atoms with Crippen LogP contribution in [-0.4, -0.2) is 11.0 Å². The highest BCUT2D eigenvalue weighted by Crippen LogP contribution is 2.30. The van der Waals surface area contributed by atoms with E-state index in [-0.39, 0.29) is 0 Å². The lowest BCUT2D eigenvalue weighted by Crippen LogP contribution is -2.15. The van der Waals surface area contributed by atoms with Crippen molar-refractivity contribution >= 4 is 15.9 Å². The lowest BCUT2D eigenvalue weighted by Gasteiger charge is -2.10. The Kier molecular flexibility index (Phi) is 4.27. The van der Waals surface area contributed by atoms with E-state index in [0.717, 1.165) is 22.5 Å². The summed E-state index contributed by atoms with van der Waals surface area (Å²) < 4.78 is 6.87. The van der Waals surface area contributed by atoms with Gasteiger partial charge in [-0.3, -0.25) is 0 Å². The highest BCUT2D eigenvalue weighted by Gasteiger charge is 2.20. The molecule has 1 aliphatic carbocycles. The molecule has 0 bridgehead atoms. The van der Waals surface area contributed by atoms with Gasteiger partial charge in [-0.25, -0.2) is 4.98 Å². The quantitative estimate of drug-likeness (QED) is 0.864. The van der Waals surface area contributed by atoms with E-state index in [4.69, 9.17) is 4.74 Å². The van der Waals surface area contributed by atoms with E-state index >= 15 is 0 Å². The number of benzene rings is 1. The molecular weight excluding hydrogens is 328 g/mol. The van der Waals surface area contributed by atoms with Crippen LogP contribution in [0.15, 0.2) is 34.8 Å². The largest absolute Gasteiger partial charge is 0.438 e. The van der Waals surface area contributed by atoms with Crippen LogP contribution in [0.4, 0.5) is 0 Å². The smallest absolute Gasteiger partial charge is 0.219 e. The standard InChI is InChI=1S/C17H19BrN2O/c1-11-3-6-16(15(18)7-11)21-17-9-13(8-12(2)20-17)10-19-14-4-5-14/h3,6-9,14,19H,4-5,10H2,1-2H3. The molecule has 1 aromatic carbocycles. The zero-order chi connectivity index (χ0) is 14.8. The van der Waals surface area contributed by atoms with E-state index in [9.17, 15) is 0 Å². The number of hydrogen-bond donors (Lipinski definition) is 1. The highest BCUT2D eigenvalue weighted by atomic mass is 79.9. The van der Waals surface area contributed by atoms with Crippen LogP contribution in [0, 0.1) is 13.8 Å². The molecular formula is C17H19BrN2O. The minimum absolute atomic E-state index is 0.646.